The first-order chi connectivity index (χ1) is 17.6. The van der Waals surface area contributed by atoms with Crippen molar-refractivity contribution in [2.75, 3.05) is 0 Å². The first kappa shape index (κ1) is 28.0. The van der Waals surface area contributed by atoms with E-state index < -0.39 is 5.97 Å². The van der Waals surface area contributed by atoms with Crippen LogP contribution in [0.3, 0.4) is 0 Å². The Morgan fingerprint density at radius 1 is 0.861 bits per heavy atom. The molecule has 1 saturated carbocycles. The van der Waals surface area contributed by atoms with Crippen LogP contribution >= 0.6 is 0 Å². The molecule has 194 valence electrons. The lowest BCUT2D eigenvalue weighted by molar-refractivity contribution is 0.0734. The Kier molecular flexibility index (Phi) is 12.0. The molecule has 3 heteroatoms. The average molecular weight is 488 g/mol. The Hall–Kier alpha value is -2.60. The van der Waals surface area contributed by atoms with Gasteiger partial charge in [0.1, 0.15) is 11.8 Å². The van der Waals surface area contributed by atoms with Gasteiger partial charge in [-0.25, -0.2) is 4.79 Å². The van der Waals surface area contributed by atoms with Gasteiger partial charge in [-0.05, 0) is 85.8 Å². The molecule has 0 aliphatic heterocycles. The summed E-state index contributed by atoms with van der Waals surface area (Å²) in [6, 6.07) is 15.7. The highest BCUT2D eigenvalue weighted by Gasteiger charge is 2.22. The van der Waals surface area contributed by atoms with Gasteiger partial charge in [-0.2, -0.15) is 5.26 Å². The molecule has 1 fully saturated rings. The second-order valence-electron chi connectivity index (χ2n) is 10.7. The quantitative estimate of drug-likeness (QED) is 0.151. The Morgan fingerprint density at radius 3 is 2.19 bits per heavy atom. The van der Waals surface area contributed by atoms with E-state index in [-0.39, 0.29) is 0 Å². The number of aryl methyl sites for hydroxylation is 1. The van der Waals surface area contributed by atoms with Crippen LogP contribution in [-0.2, 0) is 6.42 Å². The Bertz CT molecular complexity index is 964. The predicted octanol–water partition coefficient (Wildman–Crippen LogP) is 9.53. The number of ether oxygens (including phenoxy) is 1. The minimum absolute atomic E-state index is 0.344. The van der Waals surface area contributed by atoms with Crippen molar-refractivity contribution in [3.8, 4) is 11.8 Å². The Labute approximate surface area is 219 Å². The fraction of sp³-hybridized carbons (Fsp3) is 0.576. The summed E-state index contributed by atoms with van der Waals surface area (Å²) in [4.78, 5) is 12.8. The van der Waals surface area contributed by atoms with Crippen LogP contribution in [0, 0.1) is 17.2 Å². The van der Waals surface area contributed by atoms with Crippen molar-refractivity contribution in [3.63, 3.8) is 0 Å². The molecule has 0 aromatic heterocycles. The summed E-state index contributed by atoms with van der Waals surface area (Å²) >= 11 is 0. The zero-order valence-corrected chi connectivity index (χ0v) is 22.6. The number of carbonyl (C=O) groups excluding carboxylic acids is 1. The summed E-state index contributed by atoms with van der Waals surface area (Å²) in [5.41, 5.74) is 3.42. The van der Waals surface area contributed by atoms with Gasteiger partial charge in [0.05, 0.1) is 11.1 Å². The van der Waals surface area contributed by atoms with Gasteiger partial charge in [0.2, 0.25) is 0 Å². The van der Waals surface area contributed by atoms with Crippen LogP contribution in [0.4, 0.5) is 0 Å². The lowest BCUT2D eigenvalue weighted by Gasteiger charge is -2.29. The maximum Gasteiger partial charge on any atom is 0.343 e. The molecule has 0 saturated heterocycles. The van der Waals surface area contributed by atoms with Gasteiger partial charge in [0, 0.05) is 0 Å². The molecule has 0 radical (unpaired) electrons. The Morgan fingerprint density at radius 2 is 1.53 bits per heavy atom. The van der Waals surface area contributed by atoms with Crippen molar-refractivity contribution in [1.29, 1.82) is 5.26 Å². The smallest absolute Gasteiger partial charge is 0.343 e. The third-order valence-corrected chi connectivity index (χ3v) is 7.87. The van der Waals surface area contributed by atoms with Crippen LogP contribution < -0.4 is 4.74 Å². The second-order valence-corrected chi connectivity index (χ2v) is 10.7. The molecule has 3 rings (SSSR count). The van der Waals surface area contributed by atoms with E-state index >= 15 is 0 Å². The number of rotatable bonds is 14. The molecule has 1 aliphatic carbocycles. The van der Waals surface area contributed by atoms with Crippen LogP contribution in [0.2, 0.25) is 0 Å². The third kappa shape index (κ3) is 8.81. The van der Waals surface area contributed by atoms with E-state index in [0.29, 0.717) is 22.8 Å². The minimum atomic E-state index is -0.402. The molecular formula is C33H45NO2. The summed E-state index contributed by atoms with van der Waals surface area (Å²) in [6.45, 7) is 4.47. The fourth-order valence-electron chi connectivity index (χ4n) is 5.54. The van der Waals surface area contributed by atoms with E-state index in [1.165, 1.54) is 89.0 Å². The first-order valence-corrected chi connectivity index (χ1v) is 14.5. The van der Waals surface area contributed by atoms with Crippen molar-refractivity contribution < 1.29 is 9.53 Å². The number of nitriles is 1. The number of carbonyl (C=O) groups is 1. The highest BCUT2D eigenvalue weighted by atomic mass is 16.5. The zero-order chi connectivity index (χ0) is 25.6. The zero-order valence-electron chi connectivity index (χ0n) is 22.6. The van der Waals surface area contributed by atoms with Gasteiger partial charge in [0.15, 0.2) is 0 Å². The number of benzene rings is 2. The number of esters is 1. The van der Waals surface area contributed by atoms with Crippen molar-refractivity contribution in [2.45, 2.75) is 116 Å². The molecule has 0 atom stereocenters. The number of nitrogens with zero attached hydrogens (tertiary/aromatic N) is 1. The van der Waals surface area contributed by atoms with E-state index in [2.05, 4.69) is 32.0 Å². The van der Waals surface area contributed by atoms with Crippen LogP contribution in [-0.4, -0.2) is 5.97 Å². The van der Waals surface area contributed by atoms with Crippen LogP contribution in [0.5, 0.6) is 5.75 Å². The van der Waals surface area contributed by atoms with E-state index in [1.54, 1.807) is 6.07 Å². The monoisotopic (exact) mass is 487 g/mol. The molecule has 3 nitrogen and oxygen atoms in total. The fourth-order valence-corrected chi connectivity index (χ4v) is 5.54. The minimum Gasteiger partial charge on any atom is -0.422 e. The maximum absolute atomic E-state index is 12.8. The van der Waals surface area contributed by atoms with E-state index in [0.717, 1.165) is 24.3 Å². The molecule has 2 aromatic rings. The summed E-state index contributed by atoms with van der Waals surface area (Å²) in [7, 11) is 0. The molecule has 2 aromatic carbocycles. The molecule has 0 N–H and O–H groups in total. The van der Waals surface area contributed by atoms with E-state index in [1.807, 2.05) is 24.3 Å². The van der Waals surface area contributed by atoms with Gasteiger partial charge in [-0.3, -0.25) is 0 Å². The predicted molar refractivity (Wildman–Crippen MR) is 148 cm³/mol. The van der Waals surface area contributed by atoms with Crippen molar-refractivity contribution in [1.82, 2.24) is 0 Å². The normalized spacial score (nSPS) is 17.5. The summed E-state index contributed by atoms with van der Waals surface area (Å²) in [6.07, 6.45) is 19.1. The second kappa shape index (κ2) is 15.5. The molecular weight excluding hydrogens is 442 g/mol. The average Bonchev–Trinajstić information content (AvgIpc) is 2.92. The summed E-state index contributed by atoms with van der Waals surface area (Å²) in [5, 5.41) is 9.58. The SMILES string of the molecule is CCCCCCCC1CCC(c2ccc(C(=O)Oc3ccc(CCCCCC)cc3C#N)cc2)CC1. The lowest BCUT2D eigenvalue weighted by Crippen LogP contribution is -2.14. The summed E-state index contributed by atoms with van der Waals surface area (Å²) < 4.78 is 5.62. The van der Waals surface area contributed by atoms with Crippen LogP contribution in [0.25, 0.3) is 0 Å². The van der Waals surface area contributed by atoms with Gasteiger partial charge in [-0.15, -0.1) is 0 Å². The van der Waals surface area contributed by atoms with Gasteiger partial charge < -0.3 is 4.74 Å². The molecule has 0 heterocycles. The maximum atomic E-state index is 12.8. The van der Waals surface area contributed by atoms with Crippen molar-refractivity contribution >= 4 is 5.97 Å². The van der Waals surface area contributed by atoms with Gasteiger partial charge >= 0.3 is 5.97 Å². The lowest BCUT2D eigenvalue weighted by atomic mass is 9.77. The molecule has 0 spiro atoms. The third-order valence-electron chi connectivity index (χ3n) is 7.87. The van der Waals surface area contributed by atoms with E-state index in [4.69, 9.17) is 4.74 Å². The Balaban J connectivity index is 1.48. The molecule has 0 amide bonds. The van der Waals surface area contributed by atoms with E-state index in [9.17, 15) is 10.1 Å². The summed E-state index contributed by atoms with van der Waals surface area (Å²) in [5.74, 6) is 1.44. The standard InChI is InChI=1S/C33H45NO2/c1-3-5-7-9-11-12-26-14-17-28(18-15-26)29-19-21-30(22-20-29)33(35)36-32-23-16-27(24-31(32)25-34)13-10-8-6-4-2/h16,19-24,26,28H,3-15,17-18H2,1-2H3. The van der Waals surface area contributed by atoms with Crippen LogP contribution in [0.15, 0.2) is 42.5 Å². The van der Waals surface area contributed by atoms with Gasteiger partial charge in [0.25, 0.3) is 0 Å². The van der Waals surface area contributed by atoms with Crippen molar-refractivity contribution in [3.05, 3.63) is 64.7 Å². The van der Waals surface area contributed by atoms with Crippen molar-refractivity contribution in [2.24, 2.45) is 5.92 Å². The molecule has 36 heavy (non-hydrogen) atoms. The first-order valence-electron chi connectivity index (χ1n) is 14.5. The number of hydrogen-bond acceptors (Lipinski definition) is 3. The molecule has 1 aliphatic rings. The highest BCUT2D eigenvalue weighted by molar-refractivity contribution is 5.91. The topological polar surface area (TPSA) is 50.1 Å². The van der Waals surface area contributed by atoms with Crippen LogP contribution in [0.1, 0.15) is 137 Å². The van der Waals surface area contributed by atoms with Gasteiger partial charge in [-0.1, -0.05) is 89.8 Å². The number of unbranched alkanes of at least 4 members (excludes halogenated alkanes) is 7. The highest BCUT2D eigenvalue weighted by Crippen LogP contribution is 2.38. The number of hydrogen-bond donors (Lipinski definition) is 0. The molecule has 0 unspecified atom stereocenters. The largest absolute Gasteiger partial charge is 0.422 e. The molecule has 0 bridgehead atoms.